The van der Waals surface area contributed by atoms with Gasteiger partial charge in [0.25, 0.3) is 0 Å². The summed E-state index contributed by atoms with van der Waals surface area (Å²) >= 11 is 0. The highest BCUT2D eigenvalue weighted by Gasteiger charge is 2.46. The van der Waals surface area contributed by atoms with Crippen molar-refractivity contribution in [2.24, 2.45) is 5.92 Å². The average Bonchev–Trinajstić information content (AvgIpc) is 3.23. The molecule has 2 saturated heterocycles. The van der Waals surface area contributed by atoms with E-state index in [9.17, 15) is 26.4 Å². The second-order valence-electron chi connectivity index (χ2n) is 7.74. The normalized spacial score (nSPS) is 25.4. The van der Waals surface area contributed by atoms with Crippen LogP contribution >= 0.6 is 0 Å². The van der Waals surface area contributed by atoms with Crippen LogP contribution in [0.5, 0.6) is 11.5 Å². The minimum absolute atomic E-state index is 0.0167. The molecule has 0 spiro atoms. The Bertz CT molecular complexity index is 921. The van der Waals surface area contributed by atoms with Crippen LogP contribution in [0.25, 0.3) is 0 Å². The lowest BCUT2D eigenvalue weighted by molar-refractivity contribution is -0.188. The van der Waals surface area contributed by atoms with Crippen molar-refractivity contribution in [3.05, 3.63) is 18.2 Å². The molecule has 0 bridgehead atoms. The first-order chi connectivity index (χ1) is 14.2. The van der Waals surface area contributed by atoms with E-state index in [1.54, 1.807) is 0 Å². The molecule has 1 amide bonds. The molecule has 1 aromatic rings. The molecule has 2 unspecified atom stereocenters. The summed E-state index contributed by atoms with van der Waals surface area (Å²) in [5.74, 6) is -1.36. The maximum atomic E-state index is 13.2. The van der Waals surface area contributed by atoms with E-state index >= 15 is 0 Å². The van der Waals surface area contributed by atoms with E-state index in [0.717, 1.165) is 4.31 Å². The summed E-state index contributed by atoms with van der Waals surface area (Å²) in [5.41, 5.74) is 0. The van der Waals surface area contributed by atoms with Crippen LogP contribution in [0.15, 0.2) is 23.1 Å². The Hall–Kier alpha value is -2.01. The third kappa shape index (κ3) is 3.96. The number of alkyl halides is 3. The monoisotopic (exact) mass is 448 g/mol. The number of likely N-dealkylation sites (tertiary alicyclic amines) is 1. The zero-order valence-corrected chi connectivity index (χ0v) is 17.0. The number of benzene rings is 1. The molecule has 11 heteroatoms. The lowest BCUT2D eigenvalue weighted by Crippen LogP contribution is -2.52. The molecule has 3 heterocycles. The molecule has 1 aromatic carbocycles. The molecular weight excluding hydrogens is 425 g/mol. The molecule has 2 fully saturated rings. The van der Waals surface area contributed by atoms with Crippen LogP contribution in [0.3, 0.4) is 0 Å². The van der Waals surface area contributed by atoms with Gasteiger partial charge in [0.05, 0.1) is 10.8 Å². The smallest absolute Gasteiger partial charge is 0.393 e. The number of rotatable bonds is 3. The van der Waals surface area contributed by atoms with Crippen molar-refractivity contribution in [2.45, 2.75) is 42.8 Å². The minimum atomic E-state index is -4.37. The van der Waals surface area contributed by atoms with Gasteiger partial charge in [-0.1, -0.05) is 0 Å². The number of carbonyl (C=O) groups excluding carboxylic acids is 1. The van der Waals surface area contributed by atoms with Gasteiger partial charge >= 0.3 is 6.18 Å². The van der Waals surface area contributed by atoms with E-state index in [2.05, 4.69) is 0 Å². The zero-order valence-electron chi connectivity index (χ0n) is 16.2. The Morgan fingerprint density at radius 1 is 1.03 bits per heavy atom. The van der Waals surface area contributed by atoms with Crippen molar-refractivity contribution >= 4 is 15.9 Å². The predicted octanol–water partition coefficient (Wildman–Crippen LogP) is 2.41. The highest BCUT2D eigenvalue weighted by Crippen LogP contribution is 2.37. The van der Waals surface area contributed by atoms with E-state index in [-0.39, 0.29) is 37.2 Å². The molecule has 0 N–H and O–H groups in total. The first-order valence-corrected chi connectivity index (χ1v) is 11.4. The fourth-order valence-corrected chi connectivity index (χ4v) is 5.92. The van der Waals surface area contributed by atoms with E-state index in [4.69, 9.17) is 9.47 Å². The molecule has 2 atom stereocenters. The number of hydrogen-bond acceptors (Lipinski definition) is 5. The van der Waals surface area contributed by atoms with Crippen LogP contribution in [0.2, 0.25) is 0 Å². The van der Waals surface area contributed by atoms with Crippen LogP contribution in [0.4, 0.5) is 13.2 Å². The molecule has 3 aliphatic heterocycles. The van der Waals surface area contributed by atoms with Crippen molar-refractivity contribution < 1.29 is 35.9 Å². The van der Waals surface area contributed by atoms with E-state index < -0.39 is 40.6 Å². The zero-order chi connectivity index (χ0) is 21.5. The number of hydrogen-bond donors (Lipinski definition) is 0. The fraction of sp³-hybridized carbons (Fsp3) is 0.632. The van der Waals surface area contributed by atoms with Crippen molar-refractivity contribution in [3.8, 4) is 11.5 Å². The van der Waals surface area contributed by atoms with Gasteiger partial charge in [0, 0.05) is 25.7 Å². The Morgan fingerprint density at radius 2 is 1.73 bits per heavy atom. The average molecular weight is 448 g/mol. The number of halogens is 3. The molecule has 0 aliphatic carbocycles. The standard InChI is InChI=1S/C19H23F3N2O5S/c20-19(21,22)13-3-1-7-23(12-13)18(25)15-4-2-8-24(15)30(26,27)14-5-6-16-17(11-14)29-10-9-28-16/h5-6,11,13,15H,1-4,7-10,12H2. The number of ether oxygens (including phenoxy) is 2. The molecule has 0 saturated carbocycles. The van der Waals surface area contributed by atoms with Gasteiger partial charge in [0.2, 0.25) is 15.9 Å². The Balaban J connectivity index is 1.55. The minimum Gasteiger partial charge on any atom is -0.486 e. The second kappa shape index (κ2) is 7.92. The summed E-state index contributed by atoms with van der Waals surface area (Å²) in [6, 6.07) is 3.27. The lowest BCUT2D eigenvalue weighted by Gasteiger charge is -2.36. The predicted molar refractivity (Wildman–Crippen MR) is 99.7 cm³/mol. The van der Waals surface area contributed by atoms with E-state index in [0.29, 0.717) is 31.1 Å². The first kappa shape index (κ1) is 21.2. The van der Waals surface area contributed by atoms with Crippen LogP contribution in [0, 0.1) is 5.92 Å². The summed E-state index contributed by atoms with van der Waals surface area (Å²) in [7, 11) is -4.02. The second-order valence-corrected chi connectivity index (χ2v) is 9.63. The Morgan fingerprint density at radius 3 is 2.47 bits per heavy atom. The Labute approximate surface area is 172 Å². The molecule has 30 heavy (non-hydrogen) atoms. The van der Waals surface area contributed by atoms with Crippen molar-refractivity contribution in [1.29, 1.82) is 0 Å². The molecule has 4 rings (SSSR count). The molecule has 3 aliphatic rings. The van der Waals surface area contributed by atoms with Gasteiger partial charge in [-0.05, 0) is 37.8 Å². The first-order valence-electron chi connectivity index (χ1n) is 9.95. The summed E-state index contributed by atoms with van der Waals surface area (Å²) < 4.78 is 77.7. The van der Waals surface area contributed by atoms with Gasteiger partial charge in [0.1, 0.15) is 19.3 Å². The van der Waals surface area contributed by atoms with Gasteiger partial charge < -0.3 is 14.4 Å². The van der Waals surface area contributed by atoms with Gasteiger partial charge in [-0.2, -0.15) is 17.5 Å². The highest BCUT2D eigenvalue weighted by atomic mass is 32.2. The number of sulfonamides is 1. The number of amides is 1. The summed E-state index contributed by atoms with van der Waals surface area (Å²) in [4.78, 5) is 14.1. The van der Waals surface area contributed by atoms with Gasteiger partial charge in [-0.15, -0.1) is 0 Å². The molecule has 0 radical (unpaired) electrons. The summed E-state index contributed by atoms with van der Waals surface area (Å²) in [6.07, 6.45) is -3.38. The number of carbonyl (C=O) groups is 1. The lowest BCUT2D eigenvalue weighted by atomic mass is 9.97. The van der Waals surface area contributed by atoms with Crippen molar-refractivity contribution in [2.75, 3.05) is 32.8 Å². The van der Waals surface area contributed by atoms with Crippen LogP contribution < -0.4 is 9.47 Å². The maximum Gasteiger partial charge on any atom is 0.393 e. The maximum absolute atomic E-state index is 13.2. The molecule has 166 valence electrons. The van der Waals surface area contributed by atoms with Crippen LogP contribution in [0.1, 0.15) is 25.7 Å². The fourth-order valence-electron chi connectivity index (χ4n) is 4.25. The number of piperidine rings is 1. The SMILES string of the molecule is O=C(C1CCCN1S(=O)(=O)c1ccc2c(c1)OCCO2)N1CCCC(C(F)(F)F)C1. The third-order valence-corrected chi connectivity index (χ3v) is 7.71. The van der Waals surface area contributed by atoms with Crippen LogP contribution in [-0.4, -0.2) is 68.6 Å². The summed E-state index contributed by atoms with van der Waals surface area (Å²) in [6.45, 7) is 0.605. The molecule has 0 aromatic heterocycles. The highest BCUT2D eigenvalue weighted by molar-refractivity contribution is 7.89. The van der Waals surface area contributed by atoms with Crippen molar-refractivity contribution in [1.82, 2.24) is 9.21 Å². The summed E-state index contributed by atoms with van der Waals surface area (Å²) in [5, 5.41) is 0. The Kier molecular flexibility index (Phi) is 5.60. The number of fused-ring (bicyclic) bond motifs is 1. The van der Waals surface area contributed by atoms with Gasteiger partial charge in [0.15, 0.2) is 11.5 Å². The molecule has 7 nitrogen and oxygen atoms in total. The number of nitrogens with zero attached hydrogens (tertiary/aromatic N) is 2. The van der Waals surface area contributed by atoms with Gasteiger partial charge in [-0.3, -0.25) is 4.79 Å². The largest absolute Gasteiger partial charge is 0.486 e. The van der Waals surface area contributed by atoms with Crippen LogP contribution in [-0.2, 0) is 14.8 Å². The topological polar surface area (TPSA) is 76.2 Å². The third-order valence-electron chi connectivity index (χ3n) is 5.80. The molecular formula is C19H23F3N2O5S. The van der Waals surface area contributed by atoms with Crippen molar-refractivity contribution in [3.63, 3.8) is 0 Å². The van der Waals surface area contributed by atoms with E-state index in [1.807, 2.05) is 0 Å². The quantitative estimate of drug-likeness (QED) is 0.710. The van der Waals surface area contributed by atoms with E-state index in [1.165, 1.54) is 23.1 Å². The van der Waals surface area contributed by atoms with Gasteiger partial charge in [-0.25, -0.2) is 8.42 Å².